The van der Waals surface area contributed by atoms with Crippen molar-refractivity contribution in [1.82, 2.24) is 4.90 Å². The Morgan fingerprint density at radius 1 is 0.867 bits per heavy atom. The van der Waals surface area contributed by atoms with Gasteiger partial charge in [0.1, 0.15) is 0 Å². The summed E-state index contributed by atoms with van der Waals surface area (Å²) in [5, 5.41) is 9.37. The predicted octanol–water partition coefficient (Wildman–Crippen LogP) is 2.27. The van der Waals surface area contributed by atoms with Gasteiger partial charge in [0.05, 0.1) is 0 Å². The van der Waals surface area contributed by atoms with Crippen molar-refractivity contribution in [3.8, 4) is 0 Å². The minimum atomic E-state index is 0.415. The van der Waals surface area contributed by atoms with Crippen LogP contribution < -0.4 is 0 Å². The molecule has 1 aliphatic heterocycles. The Kier molecular flexibility index (Phi) is 4.45. The maximum Gasteiger partial charge on any atom is 0.0462 e. The zero-order valence-electron chi connectivity index (χ0n) is 9.83. The van der Waals surface area contributed by atoms with Crippen LogP contribution in [0.5, 0.6) is 0 Å². The van der Waals surface area contributed by atoms with Gasteiger partial charge in [-0.3, -0.25) is 0 Å². The molecule has 2 unspecified atom stereocenters. The molecule has 15 heavy (non-hydrogen) atoms. The third-order valence-corrected chi connectivity index (χ3v) is 4.24. The standard InChI is InChI=1S/C13H25NO/c15-11-13-7-3-2-6-12(13)10-14-8-4-1-5-9-14/h12-13,15H,1-11H2. The highest BCUT2D eigenvalue weighted by molar-refractivity contribution is 4.78. The van der Waals surface area contributed by atoms with Crippen LogP contribution in [-0.4, -0.2) is 36.2 Å². The Hall–Kier alpha value is -0.0800. The van der Waals surface area contributed by atoms with Crippen LogP contribution in [0.3, 0.4) is 0 Å². The van der Waals surface area contributed by atoms with E-state index in [4.69, 9.17) is 0 Å². The molecule has 0 aromatic heterocycles. The number of rotatable bonds is 3. The highest BCUT2D eigenvalue weighted by Crippen LogP contribution is 2.30. The van der Waals surface area contributed by atoms with Gasteiger partial charge in [0.2, 0.25) is 0 Å². The van der Waals surface area contributed by atoms with Crippen molar-refractivity contribution in [2.45, 2.75) is 44.9 Å². The molecular formula is C13H25NO. The van der Waals surface area contributed by atoms with E-state index < -0.39 is 0 Å². The van der Waals surface area contributed by atoms with Crippen molar-refractivity contribution >= 4 is 0 Å². The number of nitrogens with zero attached hydrogens (tertiary/aromatic N) is 1. The molecule has 0 radical (unpaired) electrons. The van der Waals surface area contributed by atoms with Crippen LogP contribution >= 0.6 is 0 Å². The minimum absolute atomic E-state index is 0.415. The van der Waals surface area contributed by atoms with Gasteiger partial charge in [-0.1, -0.05) is 19.3 Å². The first-order valence-corrected chi connectivity index (χ1v) is 6.73. The van der Waals surface area contributed by atoms with Gasteiger partial charge in [-0.25, -0.2) is 0 Å². The largest absolute Gasteiger partial charge is 0.396 e. The third kappa shape index (κ3) is 3.18. The lowest BCUT2D eigenvalue weighted by molar-refractivity contribution is 0.0920. The molecule has 2 heteroatoms. The van der Waals surface area contributed by atoms with Gasteiger partial charge >= 0.3 is 0 Å². The highest BCUT2D eigenvalue weighted by Gasteiger charge is 2.26. The number of likely N-dealkylation sites (tertiary alicyclic amines) is 1. The first kappa shape index (κ1) is 11.4. The second kappa shape index (κ2) is 5.86. The van der Waals surface area contributed by atoms with Crippen molar-refractivity contribution in [1.29, 1.82) is 0 Å². The summed E-state index contributed by atoms with van der Waals surface area (Å²) < 4.78 is 0. The van der Waals surface area contributed by atoms with Crippen molar-refractivity contribution < 1.29 is 5.11 Å². The maximum absolute atomic E-state index is 9.37. The lowest BCUT2D eigenvalue weighted by atomic mass is 9.79. The second-order valence-electron chi connectivity index (χ2n) is 5.35. The van der Waals surface area contributed by atoms with Gasteiger partial charge in [0.15, 0.2) is 0 Å². The van der Waals surface area contributed by atoms with Gasteiger partial charge < -0.3 is 10.0 Å². The van der Waals surface area contributed by atoms with Gasteiger partial charge in [-0.05, 0) is 50.6 Å². The van der Waals surface area contributed by atoms with E-state index in [1.165, 1.54) is 64.6 Å². The Morgan fingerprint density at radius 2 is 1.53 bits per heavy atom. The first-order valence-electron chi connectivity index (χ1n) is 6.73. The van der Waals surface area contributed by atoms with E-state index in [0.717, 1.165) is 5.92 Å². The first-order chi connectivity index (χ1) is 7.40. The van der Waals surface area contributed by atoms with Crippen LogP contribution in [0.25, 0.3) is 0 Å². The number of hydrogen-bond donors (Lipinski definition) is 1. The molecule has 1 N–H and O–H groups in total. The lowest BCUT2D eigenvalue weighted by Crippen LogP contribution is -2.38. The predicted molar refractivity (Wildman–Crippen MR) is 62.8 cm³/mol. The smallest absolute Gasteiger partial charge is 0.0462 e. The van der Waals surface area contributed by atoms with Crippen LogP contribution in [0.2, 0.25) is 0 Å². The second-order valence-corrected chi connectivity index (χ2v) is 5.35. The maximum atomic E-state index is 9.37. The van der Waals surface area contributed by atoms with Gasteiger partial charge in [-0.2, -0.15) is 0 Å². The number of hydrogen-bond acceptors (Lipinski definition) is 2. The summed E-state index contributed by atoms with van der Waals surface area (Å²) >= 11 is 0. The molecule has 1 saturated carbocycles. The summed E-state index contributed by atoms with van der Waals surface area (Å²) in [5.41, 5.74) is 0. The molecular weight excluding hydrogens is 186 g/mol. The normalized spacial score (nSPS) is 34.2. The molecule has 0 aromatic rings. The Labute approximate surface area is 93.7 Å². The van der Waals surface area contributed by atoms with E-state index in [1.807, 2.05) is 0 Å². The van der Waals surface area contributed by atoms with Crippen LogP contribution in [0.1, 0.15) is 44.9 Å². The Bertz CT molecular complexity index is 177. The Balaban J connectivity index is 1.79. The summed E-state index contributed by atoms with van der Waals surface area (Å²) in [6.45, 7) is 4.27. The topological polar surface area (TPSA) is 23.5 Å². The number of aliphatic hydroxyl groups is 1. The molecule has 2 fully saturated rings. The zero-order chi connectivity index (χ0) is 10.5. The zero-order valence-corrected chi connectivity index (χ0v) is 9.83. The minimum Gasteiger partial charge on any atom is -0.396 e. The fourth-order valence-corrected chi connectivity index (χ4v) is 3.24. The summed E-state index contributed by atoms with van der Waals surface area (Å²) in [5.74, 6) is 1.38. The monoisotopic (exact) mass is 211 g/mol. The quantitative estimate of drug-likeness (QED) is 0.774. The lowest BCUT2D eigenvalue weighted by Gasteiger charge is -2.36. The van der Waals surface area contributed by atoms with E-state index in [1.54, 1.807) is 0 Å². The number of aliphatic hydroxyl groups excluding tert-OH is 1. The van der Waals surface area contributed by atoms with E-state index in [-0.39, 0.29) is 0 Å². The number of piperidine rings is 1. The van der Waals surface area contributed by atoms with Crippen LogP contribution in [-0.2, 0) is 0 Å². The molecule has 1 aliphatic carbocycles. The van der Waals surface area contributed by atoms with E-state index >= 15 is 0 Å². The molecule has 1 saturated heterocycles. The summed E-state index contributed by atoms with van der Waals surface area (Å²) in [7, 11) is 0. The van der Waals surface area contributed by atoms with E-state index in [9.17, 15) is 5.11 Å². The molecule has 0 aromatic carbocycles. The summed E-state index contributed by atoms with van der Waals surface area (Å²) in [4.78, 5) is 2.63. The van der Waals surface area contributed by atoms with Crippen molar-refractivity contribution in [2.24, 2.45) is 11.8 Å². The van der Waals surface area contributed by atoms with Gasteiger partial charge in [0.25, 0.3) is 0 Å². The summed E-state index contributed by atoms with van der Waals surface area (Å²) in [6, 6.07) is 0. The SMILES string of the molecule is OCC1CCCCC1CN1CCCCC1. The van der Waals surface area contributed by atoms with Crippen molar-refractivity contribution in [3.05, 3.63) is 0 Å². The molecule has 2 nitrogen and oxygen atoms in total. The summed E-state index contributed by atoms with van der Waals surface area (Å²) in [6.07, 6.45) is 9.52. The fraction of sp³-hybridized carbons (Fsp3) is 1.00. The van der Waals surface area contributed by atoms with Gasteiger partial charge in [-0.15, -0.1) is 0 Å². The Morgan fingerprint density at radius 3 is 2.20 bits per heavy atom. The van der Waals surface area contributed by atoms with Gasteiger partial charge in [0, 0.05) is 13.2 Å². The fourth-order valence-electron chi connectivity index (χ4n) is 3.24. The van der Waals surface area contributed by atoms with Crippen molar-refractivity contribution in [3.63, 3.8) is 0 Å². The molecule has 0 bridgehead atoms. The van der Waals surface area contributed by atoms with Crippen LogP contribution in [0, 0.1) is 11.8 Å². The molecule has 2 rings (SSSR count). The highest BCUT2D eigenvalue weighted by atomic mass is 16.3. The van der Waals surface area contributed by atoms with Crippen LogP contribution in [0.15, 0.2) is 0 Å². The third-order valence-electron chi connectivity index (χ3n) is 4.24. The molecule has 88 valence electrons. The molecule has 0 amide bonds. The molecule has 2 aliphatic rings. The molecule has 1 heterocycles. The molecule has 2 atom stereocenters. The van der Waals surface area contributed by atoms with Crippen molar-refractivity contribution in [2.75, 3.05) is 26.2 Å². The average Bonchev–Trinajstić information content (AvgIpc) is 2.31. The van der Waals surface area contributed by atoms with E-state index in [0.29, 0.717) is 12.5 Å². The van der Waals surface area contributed by atoms with Crippen LogP contribution in [0.4, 0.5) is 0 Å². The van der Waals surface area contributed by atoms with E-state index in [2.05, 4.69) is 4.90 Å². The molecule has 0 spiro atoms. The average molecular weight is 211 g/mol.